The molecular weight excluding hydrogens is 240 g/mol. The van der Waals surface area contributed by atoms with Crippen LogP contribution in [0.3, 0.4) is 0 Å². The average Bonchev–Trinajstić information content (AvgIpc) is 3.15. The summed E-state index contributed by atoms with van der Waals surface area (Å²) >= 11 is 0. The van der Waals surface area contributed by atoms with Gasteiger partial charge in [0.05, 0.1) is 12.1 Å². The Morgan fingerprint density at radius 1 is 1.44 bits per heavy atom. The van der Waals surface area contributed by atoms with Crippen molar-refractivity contribution in [1.82, 2.24) is 5.32 Å². The van der Waals surface area contributed by atoms with Crippen LogP contribution >= 0.6 is 0 Å². The number of hydrogen-bond donors (Lipinski definition) is 2. The second kappa shape index (κ2) is 5.20. The summed E-state index contributed by atoms with van der Waals surface area (Å²) in [5.74, 6) is -2.06. The molecule has 0 aromatic heterocycles. The van der Waals surface area contributed by atoms with Gasteiger partial charge in [-0.2, -0.15) is 4.39 Å². The molecule has 0 aliphatic heterocycles. The molecule has 1 atom stereocenters. The molecule has 2 rings (SSSR count). The highest BCUT2D eigenvalue weighted by Crippen LogP contribution is 2.24. The monoisotopic (exact) mass is 257 g/mol. The number of nitrogens with one attached hydrogen (secondary N) is 1. The van der Waals surface area contributed by atoms with Crippen LogP contribution in [0, 0.1) is 11.6 Å². The molecule has 0 amide bonds. The van der Waals surface area contributed by atoms with E-state index in [1.807, 2.05) is 0 Å². The van der Waals surface area contributed by atoms with E-state index in [1.165, 1.54) is 12.1 Å². The smallest absolute Gasteiger partial charge is 0.200 e. The minimum atomic E-state index is -0.996. The minimum Gasteiger partial charge on any atom is -0.488 e. The summed E-state index contributed by atoms with van der Waals surface area (Å²) in [6.45, 7) is 1.75. The molecule has 1 aliphatic carbocycles. The van der Waals surface area contributed by atoms with Gasteiger partial charge in [0.15, 0.2) is 11.6 Å². The van der Waals surface area contributed by atoms with Gasteiger partial charge in [0.1, 0.15) is 6.61 Å². The summed E-state index contributed by atoms with van der Waals surface area (Å²) in [6.07, 6.45) is 2.15. The van der Waals surface area contributed by atoms with E-state index in [2.05, 4.69) is 5.32 Å². The zero-order chi connectivity index (χ0) is 13.2. The molecule has 2 N–H and O–H groups in total. The lowest BCUT2D eigenvalue weighted by atomic mass is 10.1. The molecule has 1 aromatic rings. The van der Waals surface area contributed by atoms with Crippen molar-refractivity contribution in [2.24, 2.45) is 0 Å². The van der Waals surface area contributed by atoms with Crippen LogP contribution in [0.25, 0.3) is 0 Å². The third kappa shape index (κ3) is 3.17. The van der Waals surface area contributed by atoms with E-state index in [0.717, 1.165) is 18.9 Å². The normalized spacial score (nSPS) is 18.4. The van der Waals surface area contributed by atoms with Gasteiger partial charge in [0.2, 0.25) is 5.82 Å². The number of rotatable bonds is 6. The molecule has 1 saturated carbocycles. The maximum Gasteiger partial charge on any atom is 0.200 e. The third-order valence-electron chi connectivity index (χ3n) is 2.94. The van der Waals surface area contributed by atoms with E-state index >= 15 is 0 Å². The van der Waals surface area contributed by atoms with Gasteiger partial charge in [-0.25, -0.2) is 4.39 Å². The van der Waals surface area contributed by atoms with E-state index in [9.17, 15) is 13.9 Å². The molecule has 0 heterocycles. The van der Waals surface area contributed by atoms with Crippen LogP contribution in [0.15, 0.2) is 18.2 Å². The fourth-order valence-corrected chi connectivity index (χ4v) is 1.69. The van der Waals surface area contributed by atoms with Gasteiger partial charge in [-0.05, 0) is 31.9 Å². The maximum atomic E-state index is 13.4. The number of halogens is 2. The van der Waals surface area contributed by atoms with Crippen molar-refractivity contribution >= 4 is 0 Å². The number of aliphatic hydroxyl groups is 1. The molecule has 3 nitrogen and oxygen atoms in total. The average molecular weight is 257 g/mol. The fraction of sp³-hybridized carbons (Fsp3) is 0.538. The Labute approximate surface area is 105 Å². The number of aliphatic hydroxyl groups excluding tert-OH is 1. The lowest BCUT2D eigenvalue weighted by Crippen LogP contribution is -2.51. The Balaban J connectivity index is 1.98. The molecule has 1 aliphatic rings. The highest BCUT2D eigenvalue weighted by atomic mass is 19.2. The third-order valence-corrected chi connectivity index (χ3v) is 2.94. The number of ether oxygens (including phenoxy) is 1. The van der Waals surface area contributed by atoms with E-state index < -0.39 is 17.2 Å². The molecule has 100 valence electrons. The Morgan fingerprint density at radius 2 is 2.17 bits per heavy atom. The molecule has 1 unspecified atom stereocenters. The van der Waals surface area contributed by atoms with Crippen molar-refractivity contribution < 1.29 is 18.6 Å². The van der Waals surface area contributed by atoms with Crippen LogP contribution in [-0.2, 0) is 0 Å². The lowest BCUT2D eigenvalue weighted by molar-refractivity contribution is 0.111. The quantitative estimate of drug-likeness (QED) is 0.817. The second-order valence-electron chi connectivity index (χ2n) is 4.98. The molecular formula is C13H17F2NO2. The van der Waals surface area contributed by atoms with Crippen LogP contribution in [0.2, 0.25) is 0 Å². The van der Waals surface area contributed by atoms with Crippen LogP contribution in [0.1, 0.15) is 19.8 Å². The van der Waals surface area contributed by atoms with Crippen LogP contribution in [-0.4, -0.2) is 29.9 Å². The summed E-state index contributed by atoms with van der Waals surface area (Å²) in [6, 6.07) is 4.18. The summed E-state index contributed by atoms with van der Waals surface area (Å²) in [4.78, 5) is 0. The number of benzene rings is 1. The fourth-order valence-electron chi connectivity index (χ4n) is 1.69. The van der Waals surface area contributed by atoms with Gasteiger partial charge in [-0.3, -0.25) is 0 Å². The van der Waals surface area contributed by atoms with E-state index in [-0.39, 0.29) is 19.0 Å². The summed E-state index contributed by atoms with van der Waals surface area (Å²) < 4.78 is 31.6. The maximum absolute atomic E-state index is 13.4. The lowest BCUT2D eigenvalue weighted by Gasteiger charge is -2.28. The molecule has 1 aromatic carbocycles. The van der Waals surface area contributed by atoms with Gasteiger partial charge in [-0.15, -0.1) is 0 Å². The summed E-state index contributed by atoms with van der Waals surface area (Å²) in [5, 5.41) is 12.6. The summed E-state index contributed by atoms with van der Waals surface area (Å²) in [5.41, 5.74) is -0.639. The predicted molar refractivity (Wildman–Crippen MR) is 63.5 cm³/mol. The van der Waals surface area contributed by atoms with Crippen molar-refractivity contribution in [3.63, 3.8) is 0 Å². The first-order valence-electron chi connectivity index (χ1n) is 5.99. The van der Waals surface area contributed by atoms with Gasteiger partial charge in [0.25, 0.3) is 0 Å². The van der Waals surface area contributed by atoms with E-state index in [0.29, 0.717) is 6.04 Å². The summed E-state index contributed by atoms with van der Waals surface area (Å²) in [7, 11) is 0. The van der Waals surface area contributed by atoms with E-state index in [4.69, 9.17) is 4.74 Å². The standard InChI is InChI=1S/C13H17F2NO2/c1-13(7-17,16-9-5-6-9)8-18-11-4-2-3-10(14)12(11)15/h2-4,9,16-17H,5-8H2,1H3. The van der Waals surface area contributed by atoms with Crippen molar-refractivity contribution in [3.05, 3.63) is 29.8 Å². The first-order valence-corrected chi connectivity index (χ1v) is 5.99. The highest BCUT2D eigenvalue weighted by molar-refractivity contribution is 5.25. The van der Waals surface area contributed by atoms with Gasteiger partial charge >= 0.3 is 0 Å². The number of hydrogen-bond acceptors (Lipinski definition) is 3. The molecule has 0 bridgehead atoms. The Morgan fingerprint density at radius 3 is 2.78 bits per heavy atom. The topological polar surface area (TPSA) is 41.5 Å². The van der Waals surface area contributed by atoms with E-state index in [1.54, 1.807) is 6.92 Å². The zero-order valence-electron chi connectivity index (χ0n) is 10.2. The van der Waals surface area contributed by atoms with Gasteiger partial charge in [-0.1, -0.05) is 6.07 Å². The molecule has 5 heteroatoms. The van der Waals surface area contributed by atoms with Crippen LogP contribution < -0.4 is 10.1 Å². The van der Waals surface area contributed by atoms with Gasteiger partial charge < -0.3 is 15.2 Å². The first kappa shape index (κ1) is 13.2. The second-order valence-corrected chi connectivity index (χ2v) is 4.98. The molecule has 0 spiro atoms. The van der Waals surface area contributed by atoms with Crippen molar-refractivity contribution in [1.29, 1.82) is 0 Å². The van der Waals surface area contributed by atoms with Crippen LogP contribution in [0.4, 0.5) is 8.78 Å². The Kier molecular flexibility index (Phi) is 3.82. The molecule has 0 radical (unpaired) electrons. The SMILES string of the molecule is CC(CO)(COc1cccc(F)c1F)NC1CC1. The highest BCUT2D eigenvalue weighted by Gasteiger charge is 2.32. The van der Waals surface area contributed by atoms with Crippen molar-refractivity contribution in [3.8, 4) is 5.75 Å². The van der Waals surface area contributed by atoms with Crippen LogP contribution in [0.5, 0.6) is 5.75 Å². The largest absolute Gasteiger partial charge is 0.488 e. The predicted octanol–water partition coefficient (Wildman–Crippen LogP) is 1.85. The first-order chi connectivity index (χ1) is 8.54. The minimum absolute atomic E-state index is 0.0837. The molecule has 0 saturated heterocycles. The molecule has 18 heavy (non-hydrogen) atoms. The molecule has 1 fully saturated rings. The Hall–Kier alpha value is -1.20. The Bertz CT molecular complexity index is 423. The van der Waals surface area contributed by atoms with Gasteiger partial charge in [0, 0.05) is 6.04 Å². The van der Waals surface area contributed by atoms with Crippen molar-refractivity contribution in [2.45, 2.75) is 31.3 Å². The zero-order valence-corrected chi connectivity index (χ0v) is 10.2. The van der Waals surface area contributed by atoms with Crippen molar-refractivity contribution in [2.75, 3.05) is 13.2 Å².